The highest BCUT2D eigenvalue weighted by Crippen LogP contribution is 2.41. The molecule has 6 rings (SSSR count). The molecule has 2 saturated heterocycles. The van der Waals surface area contributed by atoms with Gasteiger partial charge in [0.05, 0.1) is 41.3 Å². The van der Waals surface area contributed by atoms with Gasteiger partial charge in [-0.1, -0.05) is 35.9 Å². The van der Waals surface area contributed by atoms with E-state index in [0.717, 1.165) is 12.5 Å². The van der Waals surface area contributed by atoms with E-state index >= 15 is 0 Å². The van der Waals surface area contributed by atoms with Crippen LogP contribution in [0.1, 0.15) is 35.1 Å². The molecule has 4 aromatic rings. The number of nitrogens with one attached hydrogen (secondary N) is 4. The number of urea groups is 1. The third-order valence-electron chi connectivity index (χ3n) is 9.22. The summed E-state index contributed by atoms with van der Waals surface area (Å²) in [4.78, 5) is 66.6. The summed E-state index contributed by atoms with van der Waals surface area (Å²) in [6, 6.07) is 11.6. The Kier molecular flexibility index (Phi) is 11.6. The minimum absolute atomic E-state index is 0.0281. The van der Waals surface area contributed by atoms with Crippen molar-refractivity contribution < 1.29 is 41.8 Å². The smallest absolute Gasteiger partial charge is 0.453 e. The van der Waals surface area contributed by atoms with Gasteiger partial charge in [-0.05, 0) is 42.2 Å². The molecule has 0 saturated carbocycles. The van der Waals surface area contributed by atoms with Crippen molar-refractivity contribution in [3.05, 3.63) is 77.3 Å². The number of aromatic nitrogens is 3. The number of hydrogen-bond acceptors (Lipinski definition) is 9. The third kappa shape index (κ3) is 9.20. The number of carbonyl (C=O) groups is 4. The van der Waals surface area contributed by atoms with Crippen molar-refractivity contribution in [2.75, 3.05) is 63.6 Å². The normalized spacial score (nSPS) is 15.7. The topological polar surface area (TPSA) is 174 Å². The lowest BCUT2D eigenvalue weighted by Gasteiger charge is -2.35. The summed E-state index contributed by atoms with van der Waals surface area (Å²) in [5.41, 5.74) is 1.70. The molecule has 0 aliphatic carbocycles. The number of imidazole rings is 1. The summed E-state index contributed by atoms with van der Waals surface area (Å²) < 4.78 is 49.8. The molecule has 290 valence electrons. The number of alkyl halides is 3. The molecule has 1 atom stereocenters. The molecule has 0 spiro atoms. The minimum atomic E-state index is -5.05. The number of pyridine rings is 1. The number of amides is 5. The Balaban J connectivity index is 1.15. The second-order valence-electron chi connectivity index (χ2n) is 12.6. The van der Waals surface area contributed by atoms with Crippen LogP contribution in [0.5, 0.6) is 5.75 Å². The average molecular weight is 784 g/mol. The van der Waals surface area contributed by atoms with Crippen LogP contribution in [0.15, 0.2) is 60.9 Å². The molecule has 2 aliphatic rings. The quantitative estimate of drug-likeness (QED) is 0.173. The van der Waals surface area contributed by atoms with Gasteiger partial charge in [-0.2, -0.15) is 0 Å². The van der Waals surface area contributed by atoms with Crippen molar-refractivity contribution in [1.29, 1.82) is 0 Å². The van der Waals surface area contributed by atoms with Crippen LogP contribution in [0.3, 0.4) is 0 Å². The molecular weight excluding hydrogens is 747 g/mol. The van der Waals surface area contributed by atoms with Gasteiger partial charge in [0.25, 0.3) is 5.91 Å². The largest absolute Gasteiger partial charge is 0.573 e. The number of halogens is 4. The van der Waals surface area contributed by atoms with Gasteiger partial charge in [0.1, 0.15) is 23.9 Å². The molecule has 0 bridgehead atoms. The predicted octanol–water partition coefficient (Wildman–Crippen LogP) is 5.42. The highest BCUT2D eigenvalue weighted by molar-refractivity contribution is 6.34. The predicted molar refractivity (Wildman–Crippen MR) is 196 cm³/mol. The fourth-order valence-electron chi connectivity index (χ4n) is 6.44. The van der Waals surface area contributed by atoms with E-state index in [9.17, 15) is 32.3 Å². The van der Waals surface area contributed by atoms with E-state index < -0.39 is 24.1 Å². The summed E-state index contributed by atoms with van der Waals surface area (Å²) in [7, 11) is 2.78. The molecule has 15 nitrogen and oxygen atoms in total. The standard InChI is InChI=1S/C36H37ClF3N9O6/c1-41-34(52)48-14-12-47(13-15-48)30-10-9-23(18-42-30)33(51)46-26-17-29(55-36(38,39)40)24(16-25(26)37)21-5-7-22(8-6-21)27-19-43-32(45-27)28-4-3-11-49(28)31(50)20-44-35(53)54-2/h5-10,16-19,28H,3-4,11-15,20H2,1-2H3,(H,41,52)(H,43,45)(H,44,53)(H,46,51). The van der Waals surface area contributed by atoms with Crippen LogP contribution < -0.4 is 25.6 Å². The summed E-state index contributed by atoms with van der Waals surface area (Å²) in [5, 5.41) is 7.51. The molecular formula is C36H37ClF3N9O6. The fourth-order valence-corrected chi connectivity index (χ4v) is 6.65. The lowest BCUT2D eigenvalue weighted by Crippen LogP contribution is -2.51. The van der Waals surface area contributed by atoms with Gasteiger partial charge in [-0.25, -0.2) is 19.6 Å². The lowest BCUT2D eigenvalue weighted by atomic mass is 10.0. The van der Waals surface area contributed by atoms with Crippen molar-refractivity contribution >= 4 is 47.0 Å². The first-order chi connectivity index (χ1) is 26.3. The third-order valence-corrected chi connectivity index (χ3v) is 9.53. The second-order valence-corrected chi connectivity index (χ2v) is 13.0. The number of benzene rings is 2. The van der Waals surface area contributed by atoms with Crippen LogP contribution in [0, 0.1) is 0 Å². The number of H-pyrrole nitrogens is 1. The molecule has 1 unspecified atom stereocenters. The zero-order valence-electron chi connectivity index (χ0n) is 29.7. The van der Waals surface area contributed by atoms with E-state index in [1.54, 1.807) is 53.4 Å². The monoisotopic (exact) mass is 783 g/mol. The van der Waals surface area contributed by atoms with E-state index in [0.29, 0.717) is 67.6 Å². The number of ether oxygens (including phenoxy) is 2. The molecule has 2 aromatic heterocycles. The number of methoxy groups -OCH3 is 1. The van der Waals surface area contributed by atoms with Crippen molar-refractivity contribution in [2.45, 2.75) is 25.2 Å². The van der Waals surface area contributed by atoms with Gasteiger partial charge in [0.15, 0.2) is 0 Å². The number of piperazine rings is 1. The van der Waals surface area contributed by atoms with E-state index in [2.05, 4.69) is 40.4 Å². The molecule has 0 radical (unpaired) electrons. The molecule has 2 aliphatic heterocycles. The maximum atomic E-state index is 13.6. The number of hydrogen-bond donors (Lipinski definition) is 4. The van der Waals surface area contributed by atoms with Crippen molar-refractivity contribution in [1.82, 2.24) is 35.4 Å². The molecule has 2 fully saturated rings. The van der Waals surface area contributed by atoms with Gasteiger partial charge >= 0.3 is 18.5 Å². The van der Waals surface area contributed by atoms with Gasteiger partial charge in [-0.15, -0.1) is 13.2 Å². The first-order valence-electron chi connectivity index (χ1n) is 17.2. The van der Waals surface area contributed by atoms with Crippen LogP contribution in [0.25, 0.3) is 22.4 Å². The number of likely N-dealkylation sites (tertiary alicyclic amines) is 1. The zero-order valence-corrected chi connectivity index (χ0v) is 30.5. The molecule has 19 heteroatoms. The first kappa shape index (κ1) is 38.7. The average Bonchev–Trinajstić information content (AvgIpc) is 3.88. The SMILES string of the molecule is CNC(=O)N1CCN(c2ccc(C(=O)Nc3cc(OC(F)(F)F)c(-c4ccc(-c5cnc(C6CCCN6C(=O)CNC(=O)OC)[nH]5)cc4)cc3Cl)cn2)CC1. The van der Waals surface area contributed by atoms with Crippen molar-refractivity contribution in [3.8, 4) is 28.1 Å². The maximum Gasteiger partial charge on any atom is 0.573 e. The highest BCUT2D eigenvalue weighted by Gasteiger charge is 2.34. The van der Waals surface area contributed by atoms with Crippen molar-refractivity contribution in [3.63, 3.8) is 0 Å². The lowest BCUT2D eigenvalue weighted by molar-refractivity contribution is -0.274. The summed E-state index contributed by atoms with van der Waals surface area (Å²) in [6.07, 6.45) is -1.39. The number of nitrogens with zero attached hydrogens (tertiary/aromatic N) is 5. The number of aromatic amines is 1. The van der Waals surface area contributed by atoms with Gasteiger partial charge in [0, 0.05) is 57.6 Å². The van der Waals surface area contributed by atoms with Crippen LogP contribution in [-0.2, 0) is 9.53 Å². The summed E-state index contributed by atoms with van der Waals surface area (Å²) in [5.74, 6) is -0.358. The Morgan fingerprint density at radius 2 is 1.69 bits per heavy atom. The molecule has 5 amide bonds. The minimum Gasteiger partial charge on any atom is -0.453 e. The van der Waals surface area contributed by atoms with Gasteiger partial charge < -0.3 is 45.1 Å². The Morgan fingerprint density at radius 1 is 0.964 bits per heavy atom. The first-order valence-corrected chi connectivity index (χ1v) is 17.6. The van der Waals surface area contributed by atoms with E-state index in [1.165, 1.54) is 25.4 Å². The van der Waals surface area contributed by atoms with Gasteiger partial charge in [-0.3, -0.25) is 9.59 Å². The number of alkyl carbamates (subject to hydrolysis) is 1. The molecule has 55 heavy (non-hydrogen) atoms. The van der Waals surface area contributed by atoms with Crippen LogP contribution in [0.4, 0.5) is 34.3 Å². The van der Waals surface area contributed by atoms with E-state index in [-0.39, 0.29) is 46.4 Å². The number of anilines is 2. The van der Waals surface area contributed by atoms with Crippen LogP contribution >= 0.6 is 11.6 Å². The van der Waals surface area contributed by atoms with E-state index in [1.807, 2.05) is 4.90 Å². The van der Waals surface area contributed by atoms with Gasteiger partial charge in [0.2, 0.25) is 5.91 Å². The second kappa shape index (κ2) is 16.5. The molecule has 4 N–H and O–H groups in total. The zero-order chi connectivity index (χ0) is 39.3. The fraction of sp³-hybridized carbons (Fsp3) is 0.333. The Hall–Kier alpha value is -6.04. The van der Waals surface area contributed by atoms with Crippen LogP contribution in [-0.4, -0.2) is 108 Å². The molecule has 4 heterocycles. The number of rotatable bonds is 9. The Bertz CT molecular complexity index is 2040. The van der Waals surface area contributed by atoms with Crippen LogP contribution in [0.2, 0.25) is 5.02 Å². The summed E-state index contributed by atoms with van der Waals surface area (Å²) in [6.45, 7) is 2.37. The number of carbonyl (C=O) groups excluding carboxylic acids is 4. The maximum absolute atomic E-state index is 13.6. The van der Waals surface area contributed by atoms with Crippen molar-refractivity contribution in [2.24, 2.45) is 0 Å². The summed E-state index contributed by atoms with van der Waals surface area (Å²) >= 11 is 6.52. The Morgan fingerprint density at radius 3 is 2.35 bits per heavy atom. The molecule has 2 aromatic carbocycles. The Labute approximate surface area is 318 Å². The highest BCUT2D eigenvalue weighted by atomic mass is 35.5. The van der Waals surface area contributed by atoms with E-state index in [4.69, 9.17) is 11.6 Å².